The van der Waals surface area contributed by atoms with Gasteiger partial charge in [-0.3, -0.25) is 4.90 Å². The van der Waals surface area contributed by atoms with E-state index in [1.54, 1.807) is 0 Å². The average molecular weight is 273 g/mol. The number of nitrogens with zero attached hydrogens (tertiary/aromatic N) is 2. The van der Waals surface area contributed by atoms with Crippen LogP contribution in [0.3, 0.4) is 0 Å². The molecule has 1 aromatic rings. The van der Waals surface area contributed by atoms with Crippen molar-refractivity contribution in [3.8, 4) is 0 Å². The molecule has 19 heavy (non-hydrogen) atoms. The summed E-state index contributed by atoms with van der Waals surface area (Å²) in [5, 5.41) is 0. The molecule has 0 saturated carbocycles. The van der Waals surface area contributed by atoms with Gasteiger partial charge in [0.1, 0.15) is 0 Å². The van der Waals surface area contributed by atoms with Gasteiger partial charge in [-0.25, -0.2) is 0 Å². The number of anilines is 1. The van der Waals surface area contributed by atoms with Gasteiger partial charge in [-0.2, -0.15) is 13.2 Å². The minimum absolute atomic E-state index is 0.216. The Balaban J connectivity index is 2.05. The van der Waals surface area contributed by atoms with Gasteiger partial charge in [0.25, 0.3) is 0 Å². The van der Waals surface area contributed by atoms with E-state index in [4.69, 9.17) is 5.73 Å². The van der Waals surface area contributed by atoms with E-state index in [-0.39, 0.29) is 5.69 Å². The Hall–Kier alpha value is -1.27. The van der Waals surface area contributed by atoms with Crippen molar-refractivity contribution in [1.29, 1.82) is 0 Å². The van der Waals surface area contributed by atoms with Gasteiger partial charge < -0.3 is 10.6 Å². The molecule has 6 heteroatoms. The molecule has 0 aromatic heterocycles. The maximum absolute atomic E-state index is 12.5. The van der Waals surface area contributed by atoms with Gasteiger partial charge in [0.05, 0.1) is 5.56 Å². The van der Waals surface area contributed by atoms with E-state index >= 15 is 0 Å². The molecule has 0 atom stereocenters. The van der Waals surface area contributed by atoms with E-state index in [0.717, 1.165) is 43.9 Å². The van der Waals surface area contributed by atoms with Crippen molar-refractivity contribution in [3.05, 3.63) is 29.3 Å². The summed E-state index contributed by atoms with van der Waals surface area (Å²) in [7, 11) is 2.06. The molecule has 0 unspecified atom stereocenters. The second kappa shape index (κ2) is 5.38. The fraction of sp³-hybridized carbons (Fsp3) is 0.538. The third-order valence-electron chi connectivity index (χ3n) is 3.46. The van der Waals surface area contributed by atoms with Crippen LogP contribution in [0.1, 0.15) is 11.1 Å². The monoisotopic (exact) mass is 273 g/mol. The van der Waals surface area contributed by atoms with E-state index in [2.05, 4.69) is 16.8 Å². The van der Waals surface area contributed by atoms with Crippen LogP contribution >= 0.6 is 0 Å². The Labute approximate surface area is 110 Å². The van der Waals surface area contributed by atoms with Gasteiger partial charge in [-0.05, 0) is 24.7 Å². The van der Waals surface area contributed by atoms with Crippen molar-refractivity contribution in [2.75, 3.05) is 39.0 Å². The molecule has 0 bridgehead atoms. The molecule has 1 aromatic carbocycles. The molecule has 2 rings (SSSR count). The summed E-state index contributed by atoms with van der Waals surface area (Å²) >= 11 is 0. The Bertz CT molecular complexity index is 437. The molecule has 0 radical (unpaired) electrons. The maximum atomic E-state index is 12.5. The van der Waals surface area contributed by atoms with E-state index in [1.165, 1.54) is 6.07 Å². The lowest BCUT2D eigenvalue weighted by Crippen LogP contribution is -2.43. The normalized spacial score (nSPS) is 18.7. The van der Waals surface area contributed by atoms with Crippen molar-refractivity contribution in [1.82, 2.24) is 9.80 Å². The Kier molecular flexibility index (Phi) is 4.01. The highest BCUT2D eigenvalue weighted by Gasteiger charge is 2.30. The average Bonchev–Trinajstić information content (AvgIpc) is 2.33. The molecule has 3 nitrogen and oxygen atoms in total. The Morgan fingerprint density at radius 3 is 2.32 bits per heavy atom. The summed E-state index contributed by atoms with van der Waals surface area (Å²) in [4.78, 5) is 4.44. The molecule has 1 aliphatic rings. The van der Waals surface area contributed by atoms with Gasteiger partial charge in [0.15, 0.2) is 0 Å². The number of benzene rings is 1. The Morgan fingerprint density at radius 1 is 1.16 bits per heavy atom. The van der Waals surface area contributed by atoms with Crippen molar-refractivity contribution in [3.63, 3.8) is 0 Å². The van der Waals surface area contributed by atoms with Crippen molar-refractivity contribution >= 4 is 5.69 Å². The van der Waals surface area contributed by atoms with E-state index < -0.39 is 11.7 Å². The topological polar surface area (TPSA) is 32.5 Å². The van der Waals surface area contributed by atoms with Crippen LogP contribution < -0.4 is 5.73 Å². The van der Waals surface area contributed by atoms with Gasteiger partial charge >= 0.3 is 6.18 Å². The molecular weight excluding hydrogens is 255 g/mol. The van der Waals surface area contributed by atoms with E-state index in [1.807, 2.05) is 0 Å². The first kappa shape index (κ1) is 14.1. The largest absolute Gasteiger partial charge is 0.416 e. The molecule has 106 valence electrons. The van der Waals surface area contributed by atoms with Crippen LogP contribution in [-0.4, -0.2) is 43.0 Å². The predicted octanol–water partition coefficient (Wildman–Crippen LogP) is 2.04. The van der Waals surface area contributed by atoms with E-state index in [0.29, 0.717) is 6.54 Å². The standard InChI is InChI=1S/C13H18F3N3/c1-18-4-6-19(7-5-18)9-10-2-3-11(8-12(10)17)13(14,15)16/h2-3,8H,4-7,9,17H2,1H3. The van der Waals surface area contributed by atoms with Crippen molar-refractivity contribution in [2.24, 2.45) is 0 Å². The molecular formula is C13H18F3N3. The van der Waals surface area contributed by atoms with Crippen LogP contribution in [0.2, 0.25) is 0 Å². The number of hydrogen-bond donors (Lipinski definition) is 1. The van der Waals surface area contributed by atoms with Crippen LogP contribution in [0.5, 0.6) is 0 Å². The number of rotatable bonds is 2. The molecule has 0 amide bonds. The quantitative estimate of drug-likeness (QED) is 0.837. The smallest absolute Gasteiger partial charge is 0.398 e. The first-order valence-electron chi connectivity index (χ1n) is 6.23. The third-order valence-corrected chi connectivity index (χ3v) is 3.46. The zero-order valence-electron chi connectivity index (χ0n) is 10.9. The first-order valence-corrected chi connectivity index (χ1v) is 6.23. The van der Waals surface area contributed by atoms with Crippen LogP contribution in [0, 0.1) is 0 Å². The second-order valence-electron chi connectivity index (χ2n) is 4.99. The fourth-order valence-corrected chi connectivity index (χ4v) is 2.16. The second-order valence-corrected chi connectivity index (χ2v) is 4.99. The van der Waals surface area contributed by atoms with Crippen molar-refractivity contribution in [2.45, 2.75) is 12.7 Å². The number of likely N-dealkylation sites (N-methyl/N-ethyl adjacent to an activating group) is 1. The minimum atomic E-state index is -4.33. The summed E-state index contributed by atoms with van der Waals surface area (Å²) in [6, 6.07) is 3.60. The van der Waals surface area contributed by atoms with Crippen LogP contribution in [-0.2, 0) is 12.7 Å². The molecule has 1 heterocycles. The number of alkyl halides is 3. The van der Waals surface area contributed by atoms with Gasteiger partial charge in [-0.15, -0.1) is 0 Å². The van der Waals surface area contributed by atoms with Crippen LogP contribution in [0.25, 0.3) is 0 Å². The molecule has 2 N–H and O–H groups in total. The highest BCUT2D eigenvalue weighted by Crippen LogP contribution is 2.31. The summed E-state index contributed by atoms with van der Waals surface area (Å²) in [6.45, 7) is 4.38. The molecule has 0 spiro atoms. The molecule has 0 aliphatic carbocycles. The molecule has 1 saturated heterocycles. The number of hydrogen-bond acceptors (Lipinski definition) is 3. The zero-order valence-corrected chi connectivity index (χ0v) is 10.9. The highest BCUT2D eigenvalue weighted by atomic mass is 19.4. The summed E-state index contributed by atoms with van der Waals surface area (Å²) in [6.07, 6.45) is -4.33. The predicted molar refractivity (Wildman–Crippen MR) is 68.6 cm³/mol. The molecule has 1 aliphatic heterocycles. The zero-order chi connectivity index (χ0) is 14.0. The first-order chi connectivity index (χ1) is 8.86. The van der Waals surface area contributed by atoms with Crippen LogP contribution in [0.4, 0.5) is 18.9 Å². The highest BCUT2D eigenvalue weighted by molar-refractivity contribution is 5.49. The fourth-order valence-electron chi connectivity index (χ4n) is 2.16. The summed E-state index contributed by atoms with van der Waals surface area (Å²) < 4.78 is 37.6. The lowest BCUT2D eigenvalue weighted by atomic mass is 10.1. The number of halogens is 3. The maximum Gasteiger partial charge on any atom is 0.416 e. The van der Waals surface area contributed by atoms with Gasteiger partial charge in [-0.1, -0.05) is 6.07 Å². The lowest BCUT2D eigenvalue weighted by molar-refractivity contribution is -0.137. The number of piperazine rings is 1. The Morgan fingerprint density at radius 2 is 1.79 bits per heavy atom. The van der Waals surface area contributed by atoms with Gasteiger partial charge in [0, 0.05) is 38.4 Å². The summed E-state index contributed by atoms with van der Waals surface area (Å²) in [5.74, 6) is 0. The molecule has 1 fully saturated rings. The SMILES string of the molecule is CN1CCN(Cc2ccc(C(F)(F)F)cc2N)CC1. The number of nitrogen functional groups attached to an aromatic ring is 1. The number of nitrogens with two attached hydrogens (primary N) is 1. The minimum Gasteiger partial charge on any atom is -0.398 e. The lowest BCUT2D eigenvalue weighted by Gasteiger charge is -2.32. The third kappa shape index (κ3) is 3.61. The van der Waals surface area contributed by atoms with Crippen molar-refractivity contribution < 1.29 is 13.2 Å². The summed E-state index contributed by atoms with van der Waals surface area (Å²) in [5.41, 5.74) is 6.02. The van der Waals surface area contributed by atoms with Gasteiger partial charge in [0.2, 0.25) is 0 Å². The van der Waals surface area contributed by atoms with E-state index in [9.17, 15) is 13.2 Å². The van der Waals surface area contributed by atoms with Crippen LogP contribution in [0.15, 0.2) is 18.2 Å².